The Hall–Kier alpha value is -4.65. The van der Waals surface area contributed by atoms with Crippen LogP contribution in [0.3, 0.4) is 0 Å². The second-order valence-electron chi connectivity index (χ2n) is 12.8. The van der Waals surface area contributed by atoms with Gasteiger partial charge in [0, 0.05) is 42.1 Å². The third-order valence-corrected chi connectivity index (χ3v) is 8.74. The molecule has 12 nitrogen and oxygen atoms in total. The van der Waals surface area contributed by atoms with Crippen LogP contribution in [0.1, 0.15) is 67.9 Å². The number of aryl methyl sites for hydroxylation is 1. The van der Waals surface area contributed by atoms with E-state index in [0.29, 0.717) is 99.0 Å². The number of aromatic nitrogens is 3. The molecule has 3 aromatic carbocycles. The molecule has 0 spiro atoms. The molecule has 1 aromatic heterocycles. The van der Waals surface area contributed by atoms with Crippen molar-refractivity contribution in [2.45, 2.75) is 74.7 Å². The van der Waals surface area contributed by atoms with Gasteiger partial charge in [-0.1, -0.05) is 20.8 Å². The van der Waals surface area contributed by atoms with Gasteiger partial charge in [0.2, 0.25) is 0 Å². The predicted molar refractivity (Wildman–Crippen MR) is 207 cm³/mol. The highest BCUT2D eigenvalue weighted by atomic mass is 16.5. The molecule has 1 heterocycles. The van der Waals surface area contributed by atoms with Gasteiger partial charge in [0.25, 0.3) is 0 Å². The highest BCUT2D eigenvalue weighted by Crippen LogP contribution is 2.41. The number of ether oxygens (including phenoxy) is 6. The molecule has 4 aromatic rings. The molecule has 0 fully saturated rings. The number of rotatable bonds is 22. The Morgan fingerprint density at radius 1 is 0.547 bits per heavy atom. The Labute approximate surface area is 313 Å². The summed E-state index contributed by atoms with van der Waals surface area (Å²) in [6.07, 6.45) is 2.78. The molecular formula is C41H54N4O8. The molecule has 4 rings (SSSR count). The lowest BCUT2D eigenvalue weighted by Gasteiger charge is -2.18. The van der Waals surface area contributed by atoms with E-state index in [4.69, 9.17) is 43.4 Å². The molecule has 286 valence electrons. The van der Waals surface area contributed by atoms with Crippen LogP contribution in [0.5, 0.6) is 23.0 Å². The maximum absolute atomic E-state index is 12.4. The lowest BCUT2D eigenvalue weighted by atomic mass is 9.96. The first-order valence-electron chi connectivity index (χ1n) is 18.5. The fourth-order valence-electron chi connectivity index (χ4n) is 5.79. The summed E-state index contributed by atoms with van der Waals surface area (Å²) in [4.78, 5) is 27.1. The molecule has 0 amide bonds. The van der Waals surface area contributed by atoms with Crippen molar-refractivity contribution in [2.75, 3.05) is 59.5 Å². The van der Waals surface area contributed by atoms with Crippen LogP contribution < -0.4 is 14.2 Å². The summed E-state index contributed by atoms with van der Waals surface area (Å²) in [5.74, 6) is 2.57. The summed E-state index contributed by atoms with van der Waals surface area (Å²) in [7, 11) is 0. The van der Waals surface area contributed by atoms with E-state index in [0.717, 1.165) is 47.3 Å². The number of hydrogen-bond acceptors (Lipinski definition) is 12. The van der Waals surface area contributed by atoms with E-state index in [-0.39, 0.29) is 23.1 Å². The highest BCUT2D eigenvalue weighted by molar-refractivity contribution is 5.80. The first-order chi connectivity index (χ1) is 25.7. The first kappa shape index (κ1) is 41.1. The molecule has 0 aliphatic heterocycles. The van der Waals surface area contributed by atoms with Gasteiger partial charge in [-0.3, -0.25) is 0 Å². The van der Waals surface area contributed by atoms with Gasteiger partial charge < -0.3 is 33.5 Å². The van der Waals surface area contributed by atoms with Crippen molar-refractivity contribution in [2.24, 2.45) is 5.18 Å². The van der Waals surface area contributed by atoms with Crippen molar-refractivity contribution < 1.29 is 33.5 Å². The van der Waals surface area contributed by atoms with Crippen molar-refractivity contribution in [1.29, 1.82) is 0 Å². The third kappa shape index (κ3) is 10.5. The van der Waals surface area contributed by atoms with Crippen molar-refractivity contribution in [1.82, 2.24) is 15.0 Å². The number of hydrogen-bond donors (Lipinski definition) is 1. The van der Waals surface area contributed by atoms with Crippen LogP contribution in [-0.4, -0.2) is 79.5 Å². The molecule has 0 atom stereocenters. The van der Waals surface area contributed by atoms with E-state index in [1.165, 1.54) is 0 Å². The minimum absolute atomic E-state index is 0.0299. The Balaban J connectivity index is 1.82. The fourth-order valence-corrected chi connectivity index (χ4v) is 5.79. The van der Waals surface area contributed by atoms with Crippen LogP contribution >= 0.6 is 0 Å². The van der Waals surface area contributed by atoms with Crippen molar-refractivity contribution in [3.05, 3.63) is 63.1 Å². The van der Waals surface area contributed by atoms with Gasteiger partial charge in [-0.2, -0.15) is 0 Å². The maximum atomic E-state index is 12.4. The normalized spacial score (nSPS) is 11.2. The van der Waals surface area contributed by atoms with Gasteiger partial charge in [0.05, 0.1) is 25.4 Å². The standard InChI is InChI=1S/C41H54N4O8/c1-9-16-48-19-22-51-33-14-12-31(37(45-47)29(33)7)39-42-40(32-13-15-34(30(8)38(32)46)52-23-20-49-17-10-2)44-41(43-39)36-26(4)25-35(27(5)28(36)6)53-24-21-50-18-11-3/h12-15,25,46H,9-11,16-24H2,1-8H3. The largest absolute Gasteiger partial charge is 0.507 e. The van der Waals surface area contributed by atoms with Crippen LogP contribution in [0.2, 0.25) is 0 Å². The summed E-state index contributed by atoms with van der Waals surface area (Å²) in [5, 5.41) is 14.9. The van der Waals surface area contributed by atoms with E-state index in [1.807, 2.05) is 40.7 Å². The zero-order valence-corrected chi connectivity index (χ0v) is 32.5. The van der Waals surface area contributed by atoms with Crippen LogP contribution in [0, 0.1) is 39.5 Å². The van der Waals surface area contributed by atoms with E-state index >= 15 is 0 Å². The Morgan fingerprint density at radius 2 is 1.02 bits per heavy atom. The lowest BCUT2D eigenvalue weighted by molar-refractivity contribution is 0.100. The van der Waals surface area contributed by atoms with Crippen LogP contribution in [0.15, 0.2) is 35.5 Å². The molecule has 0 aliphatic rings. The number of nitrogens with zero attached hydrogens (tertiary/aromatic N) is 4. The van der Waals surface area contributed by atoms with Gasteiger partial charge in [-0.05, 0) is 106 Å². The smallest absolute Gasteiger partial charge is 0.167 e. The second kappa shape index (κ2) is 20.6. The zero-order valence-electron chi connectivity index (χ0n) is 32.5. The third-order valence-electron chi connectivity index (χ3n) is 8.74. The van der Waals surface area contributed by atoms with Crippen LogP contribution in [-0.2, 0) is 14.2 Å². The number of benzene rings is 3. The molecule has 53 heavy (non-hydrogen) atoms. The quantitative estimate of drug-likeness (QED) is 0.0611. The molecule has 0 saturated heterocycles. The lowest BCUT2D eigenvalue weighted by Crippen LogP contribution is -2.09. The fraction of sp³-hybridized carbons (Fsp3) is 0.488. The average molecular weight is 731 g/mol. The van der Waals surface area contributed by atoms with Gasteiger partial charge in [-0.25, -0.2) is 15.0 Å². The molecule has 0 aliphatic carbocycles. The van der Waals surface area contributed by atoms with Gasteiger partial charge in [-0.15, -0.1) is 4.91 Å². The average Bonchev–Trinajstić information content (AvgIpc) is 3.15. The van der Waals surface area contributed by atoms with E-state index in [9.17, 15) is 10.0 Å². The van der Waals surface area contributed by atoms with E-state index < -0.39 is 0 Å². The summed E-state index contributed by atoms with van der Waals surface area (Å²) >= 11 is 0. The maximum Gasteiger partial charge on any atom is 0.167 e. The molecule has 0 unspecified atom stereocenters. The number of phenols is 1. The molecule has 0 bridgehead atoms. The van der Waals surface area contributed by atoms with E-state index in [2.05, 4.69) is 12.1 Å². The second-order valence-corrected chi connectivity index (χ2v) is 12.8. The van der Waals surface area contributed by atoms with Gasteiger partial charge >= 0.3 is 0 Å². The topological polar surface area (TPSA) is 144 Å². The predicted octanol–water partition coefficient (Wildman–Crippen LogP) is 8.93. The Kier molecular flexibility index (Phi) is 15.9. The van der Waals surface area contributed by atoms with Crippen molar-refractivity contribution in [3.8, 4) is 57.2 Å². The minimum atomic E-state index is -0.0299. The Bertz CT molecular complexity index is 1830. The summed E-state index contributed by atoms with van der Waals surface area (Å²) < 4.78 is 34.7. The van der Waals surface area contributed by atoms with Crippen molar-refractivity contribution >= 4 is 5.69 Å². The zero-order chi connectivity index (χ0) is 38.3. The monoisotopic (exact) mass is 730 g/mol. The SMILES string of the molecule is CCCOCCOc1cc(C)c(-c2nc(-c3ccc(OCCOCCC)c(C)c3O)nc(-c3ccc(OCCOCCC)c(C)c3N=O)n2)c(C)c1C. The highest BCUT2D eigenvalue weighted by Gasteiger charge is 2.23. The summed E-state index contributed by atoms with van der Waals surface area (Å²) in [6, 6.07) is 8.97. The summed E-state index contributed by atoms with van der Waals surface area (Å²) in [6.45, 7) is 20.1. The van der Waals surface area contributed by atoms with Crippen LogP contribution in [0.25, 0.3) is 34.2 Å². The number of aromatic hydroxyl groups is 1. The number of phenolic OH excluding ortho intramolecular Hbond substituents is 1. The van der Waals surface area contributed by atoms with Gasteiger partial charge in [0.15, 0.2) is 17.5 Å². The summed E-state index contributed by atoms with van der Waals surface area (Å²) in [5.41, 5.74) is 5.53. The first-order valence-corrected chi connectivity index (χ1v) is 18.5. The van der Waals surface area contributed by atoms with E-state index in [1.54, 1.807) is 38.1 Å². The number of nitroso groups, excluding NO2 is 1. The molecule has 0 saturated carbocycles. The van der Waals surface area contributed by atoms with Crippen LogP contribution in [0.4, 0.5) is 5.69 Å². The molecule has 12 heteroatoms. The molecule has 1 N–H and O–H groups in total. The van der Waals surface area contributed by atoms with Crippen molar-refractivity contribution in [3.63, 3.8) is 0 Å². The molecule has 0 radical (unpaired) electrons. The van der Waals surface area contributed by atoms with Gasteiger partial charge in [0.1, 0.15) is 48.5 Å². The minimum Gasteiger partial charge on any atom is -0.507 e. The molecular weight excluding hydrogens is 676 g/mol. The Morgan fingerprint density at radius 3 is 1.55 bits per heavy atom.